The lowest BCUT2D eigenvalue weighted by Crippen LogP contribution is -2.30. The number of amides is 2. The van der Waals surface area contributed by atoms with Gasteiger partial charge >= 0.3 is 0 Å². The molecule has 3 aromatic carbocycles. The second-order valence-electron chi connectivity index (χ2n) is 6.62. The normalized spacial score (nSPS) is 11.0. The summed E-state index contributed by atoms with van der Waals surface area (Å²) in [4.78, 5) is 25.7. The second-order valence-corrected chi connectivity index (χ2v) is 7.86. The Labute approximate surface area is 189 Å². The highest BCUT2D eigenvalue weighted by Crippen LogP contribution is 2.16. The van der Waals surface area contributed by atoms with Crippen LogP contribution in [0.25, 0.3) is 6.08 Å². The number of rotatable bonds is 6. The number of benzene rings is 3. The maximum atomic E-state index is 12.9. The third-order valence-corrected chi connectivity index (χ3v) is 5.02. The topological polar surface area (TPSA) is 67.4 Å². The van der Waals surface area contributed by atoms with Crippen LogP contribution in [0.1, 0.15) is 21.5 Å². The van der Waals surface area contributed by atoms with E-state index in [1.807, 2.05) is 55.5 Å². The van der Waals surface area contributed by atoms with Gasteiger partial charge in [-0.15, -0.1) is 0 Å². The van der Waals surface area contributed by atoms with Crippen LogP contribution in [-0.2, 0) is 4.79 Å². The number of nitrogens with one attached hydrogen (secondary N) is 2. The first kappa shape index (κ1) is 21.6. The summed E-state index contributed by atoms with van der Waals surface area (Å²) < 4.78 is 6.24. The summed E-state index contributed by atoms with van der Waals surface area (Å²) in [5.41, 5.74) is 2.99. The Morgan fingerprint density at radius 3 is 2.30 bits per heavy atom. The number of carbonyl (C=O) groups is 2. The Balaban J connectivity index is 1.88. The van der Waals surface area contributed by atoms with E-state index in [0.29, 0.717) is 17.0 Å². The zero-order valence-electron chi connectivity index (χ0n) is 16.6. The molecule has 0 spiro atoms. The molecule has 0 saturated heterocycles. The van der Waals surface area contributed by atoms with Gasteiger partial charge in [-0.1, -0.05) is 29.8 Å². The molecule has 0 heterocycles. The quantitative estimate of drug-likeness (QED) is 0.360. The van der Waals surface area contributed by atoms with Crippen molar-refractivity contribution in [3.63, 3.8) is 0 Å². The minimum Gasteiger partial charge on any atom is -0.497 e. The number of anilines is 1. The zero-order chi connectivity index (χ0) is 21.5. The van der Waals surface area contributed by atoms with Crippen LogP contribution < -0.4 is 15.4 Å². The molecule has 2 N–H and O–H groups in total. The Morgan fingerprint density at radius 1 is 0.967 bits per heavy atom. The largest absolute Gasteiger partial charge is 0.497 e. The van der Waals surface area contributed by atoms with Crippen LogP contribution in [0, 0.1) is 10.5 Å². The lowest BCUT2D eigenvalue weighted by molar-refractivity contribution is -0.113. The van der Waals surface area contributed by atoms with Crippen molar-refractivity contribution < 1.29 is 14.3 Å². The van der Waals surface area contributed by atoms with Crippen LogP contribution >= 0.6 is 22.6 Å². The molecule has 0 unspecified atom stereocenters. The molecular weight excluding hydrogens is 491 g/mol. The molecule has 0 saturated carbocycles. The monoisotopic (exact) mass is 512 g/mol. The Morgan fingerprint density at radius 2 is 1.67 bits per heavy atom. The molecule has 0 aliphatic rings. The van der Waals surface area contributed by atoms with Crippen LogP contribution in [0.15, 0.2) is 78.5 Å². The van der Waals surface area contributed by atoms with Gasteiger partial charge in [0, 0.05) is 14.8 Å². The lowest BCUT2D eigenvalue weighted by Gasteiger charge is -2.12. The van der Waals surface area contributed by atoms with E-state index in [4.69, 9.17) is 4.74 Å². The van der Waals surface area contributed by atoms with Crippen LogP contribution in [0.3, 0.4) is 0 Å². The van der Waals surface area contributed by atoms with Gasteiger partial charge in [0.15, 0.2) is 0 Å². The van der Waals surface area contributed by atoms with E-state index >= 15 is 0 Å². The van der Waals surface area contributed by atoms with Gasteiger partial charge in [0.2, 0.25) is 0 Å². The Bertz CT molecular complexity index is 1070. The summed E-state index contributed by atoms with van der Waals surface area (Å²) in [6.45, 7) is 1.91. The highest BCUT2D eigenvalue weighted by atomic mass is 127. The number of halogens is 1. The van der Waals surface area contributed by atoms with E-state index in [-0.39, 0.29) is 11.6 Å². The highest BCUT2D eigenvalue weighted by Gasteiger charge is 2.15. The summed E-state index contributed by atoms with van der Waals surface area (Å²) in [6, 6.07) is 21.8. The fraction of sp³-hybridized carbons (Fsp3) is 0.0833. The summed E-state index contributed by atoms with van der Waals surface area (Å²) in [5.74, 6) is -0.0508. The molecule has 152 valence electrons. The molecule has 3 rings (SSSR count). The van der Waals surface area contributed by atoms with E-state index < -0.39 is 5.91 Å². The number of aryl methyl sites for hydroxylation is 1. The second kappa shape index (κ2) is 10.1. The van der Waals surface area contributed by atoms with Gasteiger partial charge in [0.25, 0.3) is 11.8 Å². The van der Waals surface area contributed by atoms with Crippen molar-refractivity contribution in [1.82, 2.24) is 5.32 Å². The van der Waals surface area contributed by atoms with Gasteiger partial charge in [-0.05, 0) is 89.7 Å². The van der Waals surface area contributed by atoms with Crippen molar-refractivity contribution in [3.05, 3.63) is 98.8 Å². The van der Waals surface area contributed by atoms with Crippen LogP contribution in [-0.4, -0.2) is 18.9 Å². The maximum absolute atomic E-state index is 12.9. The molecule has 0 aliphatic carbocycles. The summed E-state index contributed by atoms with van der Waals surface area (Å²) in [5, 5.41) is 5.58. The SMILES string of the molecule is COc1ccc(/C=C(/NC(=O)c2cccc(C)c2)C(=O)Nc2ccc(I)cc2)cc1. The van der Waals surface area contributed by atoms with Crippen molar-refractivity contribution in [3.8, 4) is 5.75 Å². The minimum absolute atomic E-state index is 0.144. The molecule has 0 radical (unpaired) electrons. The first-order chi connectivity index (χ1) is 14.4. The van der Waals surface area contributed by atoms with Gasteiger partial charge in [-0.25, -0.2) is 0 Å². The molecule has 0 aromatic heterocycles. The highest BCUT2D eigenvalue weighted by molar-refractivity contribution is 14.1. The predicted molar refractivity (Wildman–Crippen MR) is 127 cm³/mol. The van der Waals surface area contributed by atoms with Gasteiger partial charge < -0.3 is 15.4 Å². The van der Waals surface area contributed by atoms with E-state index in [2.05, 4.69) is 33.2 Å². The van der Waals surface area contributed by atoms with Crippen molar-refractivity contribution in [1.29, 1.82) is 0 Å². The van der Waals surface area contributed by atoms with Crippen LogP contribution in [0.2, 0.25) is 0 Å². The Hall–Kier alpha value is -3.13. The number of ether oxygens (including phenoxy) is 1. The number of methoxy groups -OCH3 is 1. The molecule has 30 heavy (non-hydrogen) atoms. The summed E-state index contributed by atoms with van der Waals surface area (Å²) in [6.07, 6.45) is 1.63. The summed E-state index contributed by atoms with van der Waals surface area (Å²) >= 11 is 2.20. The van der Waals surface area contributed by atoms with Gasteiger partial charge in [0.1, 0.15) is 11.4 Å². The van der Waals surface area contributed by atoms with E-state index in [0.717, 1.165) is 14.7 Å². The maximum Gasteiger partial charge on any atom is 0.272 e. The predicted octanol–water partition coefficient (Wildman–Crippen LogP) is 5.02. The van der Waals surface area contributed by atoms with Crippen molar-refractivity contribution in [2.75, 3.05) is 12.4 Å². The van der Waals surface area contributed by atoms with E-state index in [1.165, 1.54) is 0 Å². The molecule has 2 amide bonds. The molecule has 5 nitrogen and oxygen atoms in total. The Kier molecular flexibility index (Phi) is 7.24. The van der Waals surface area contributed by atoms with E-state index in [9.17, 15) is 9.59 Å². The molecule has 0 bridgehead atoms. The third-order valence-electron chi connectivity index (χ3n) is 4.30. The average Bonchev–Trinajstić information content (AvgIpc) is 2.75. The smallest absolute Gasteiger partial charge is 0.272 e. The third kappa shape index (κ3) is 5.93. The van der Waals surface area contributed by atoms with Crippen molar-refractivity contribution in [2.45, 2.75) is 6.92 Å². The van der Waals surface area contributed by atoms with E-state index in [1.54, 1.807) is 37.5 Å². The molecule has 3 aromatic rings. The van der Waals surface area contributed by atoms with Crippen LogP contribution in [0.4, 0.5) is 5.69 Å². The molecule has 0 aliphatic heterocycles. The minimum atomic E-state index is -0.409. The standard InChI is InChI=1S/C24H21IN2O3/c1-16-4-3-5-18(14-16)23(28)27-22(15-17-6-12-21(30-2)13-7-17)24(29)26-20-10-8-19(25)9-11-20/h3-15H,1-2H3,(H,26,29)(H,27,28)/b22-15+. The van der Waals surface area contributed by atoms with Crippen molar-refractivity contribution >= 4 is 46.2 Å². The van der Waals surface area contributed by atoms with Crippen molar-refractivity contribution in [2.24, 2.45) is 0 Å². The summed E-state index contributed by atoms with van der Waals surface area (Å²) in [7, 11) is 1.59. The van der Waals surface area contributed by atoms with Gasteiger partial charge in [-0.3, -0.25) is 9.59 Å². The average molecular weight is 512 g/mol. The number of hydrogen-bond acceptors (Lipinski definition) is 3. The zero-order valence-corrected chi connectivity index (χ0v) is 18.8. The number of hydrogen-bond donors (Lipinski definition) is 2. The van der Waals surface area contributed by atoms with Crippen LogP contribution in [0.5, 0.6) is 5.75 Å². The molecule has 0 atom stereocenters. The molecule has 6 heteroatoms. The molecule has 0 fully saturated rings. The fourth-order valence-electron chi connectivity index (χ4n) is 2.74. The van der Waals surface area contributed by atoms with Gasteiger partial charge in [0.05, 0.1) is 7.11 Å². The molecular formula is C24H21IN2O3. The van der Waals surface area contributed by atoms with Gasteiger partial charge in [-0.2, -0.15) is 0 Å². The first-order valence-electron chi connectivity index (χ1n) is 9.25. The fourth-order valence-corrected chi connectivity index (χ4v) is 3.10. The lowest BCUT2D eigenvalue weighted by atomic mass is 10.1. The number of carbonyl (C=O) groups excluding carboxylic acids is 2. The first-order valence-corrected chi connectivity index (χ1v) is 10.3.